The van der Waals surface area contributed by atoms with Crippen molar-refractivity contribution in [1.82, 2.24) is 28.5 Å². The van der Waals surface area contributed by atoms with Crippen LogP contribution in [0.25, 0.3) is 32.9 Å². The summed E-state index contributed by atoms with van der Waals surface area (Å²) < 4.78 is 30.0. The van der Waals surface area contributed by atoms with Gasteiger partial charge in [0, 0.05) is 18.9 Å². The number of rotatable bonds is 9. The van der Waals surface area contributed by atoms with Gasteiger partial charge in [-0.1, -0.05) is 12.1 Å². The van der Waals surface area contributed by atoms with Crippen LogP contribution in [0.5, 0.6) is 11.8 Å². The van der Waals surface area contributed by atoms with E-state index in [-0.39, 0.29) is 0 Å². The minimum Gasteiger partial charge on any atom is -0.477 e. The average Bonchev–Trinajstić information content (AvgIpc) is 3.66. The molecule has 1 fully saturated rings. The zero-order valence-corrected chi connectivity index (χ0v) is 27.5. The first-order valence-corrected chi connectivity index (χ1v) is 17.7. The number of fused-ring (bicyclic) bond motifs is 2. The molecule has 1 unspecified atom stereocenters. The molecule has 0 N–H and O–H groups in total. The van der Waals surface area contributed by atoms with Crippen LogP contribution < -0.4 is 14.9 Å². The maximum absolute atomic E-state index is 6.24. The van der Waals surface area contributed by atoms with E-state index in [1.807, 2.05) is 69.8 Å². The summed E-state index contributed by atoms with van der Waals surface area (Å²) >= 11 is 6.82. The molecule has 0 radical (unpaired) electrons. The molecular weight excluding hydrogens is 673 g/mol. The molecule has 0 saturated carbocycles. The monoisotopic (exact) mass is 704 g/mol. The van der Waals surface area contributed by atoms with Crippen LogP contribution in [-0.4, -0.2) is 60.1 Å². The Kier molecular flexibility index (Phi) is 7.77. The summed E-state index contributed by atoms with van der Waals surface area (Å²) in [5, 5.41) is 15.3. The molecule has 1 atom stereocenters. The third-order valence-corrected chi connectivity index (χ3v) is 9.98. The molecule has 0 amide bonds. The van der Waals surface area contributed by atoms with Gasteiger partial charge in [-0.2, -0.15) is 10.2 Å². The van der Waals surface area contributed by atoms with Crippen molar-refractivity contribution in [3.8, 4) is 22.9 Å². The lowest BCUT2D eigenvalue weighted by atomic mass is 9.78. The number of ether oxygens (including phenoxy) is 2. The van der Waals surface area contributed by atoms with Crippen molar-refractivity contribution in [2.75, 3.05) is 13.2 Å². The molecule has 1 saturated heterocycles. The van der Waals surface area contributed by atoms with Crippen molar-refractivity contribution >= 4 is 75.6 Å². The summed E-state index contributed by atoms with van der Waals surface area (Å²) in [5.41, 5.74) is 4.02. The lowest BCUT2D eigenvalue weighted by Gasteiger charge is -2.32. The lowest BCUT2D eigenvalue weighted by molar-refractivity contribution is 0.00578. The molecule has 0 spiro atoms. The van der Waals surface area contributed by atoms with E-state index in [1.54, 1.807) is 4.68 Å². The topological polar surface area (TPSA) is 90.4 Å². The summed E-state index contributed by atoms with van der Waals surface area (Å²) in [4.78, 5) is 0. The van der Waals surface area contributed by atoms with E-state index < -0.39 is 18.3 Å². The smallest absolute Gasteiger partial charge is 0.477 e. The van der Waals surface area contributed by atoms with Crippen LogP contribution in [0.2, 0.25) is 0 Å². The highest BCUT2D eigenvalue weighted by Gasteiger charge is 2.51. The van der Waals surface area contributed by atoms with Crippen molar-refractivity contribution < 1.29 is 18.8 Å². The van der Waals surface area contributed by atoms with Crippen molar-refractivity contribution in [2.45, 2.75) is 45.3 Å². The maximum atomic E-state index is 6.24. The van der Waals surface area contributed by atoms with Gasteiger partial charge in [0.05, 0.1) is 65.2 Å². The molecule has 5 aromatic rings. The Morgan fingerprint density at radius 2 is 1.71 bits per heavy atom. The van der Waals surface area contributed by atoms with Gasteiger partial charge in [0.15, 0.2) is 0 Å². The molecule has 3 aromatic heterocycles. The molecule has 0 aliphatic carbocycles. The van der Waals surface area contributed by atoms with Crippen molar-refractivity contribution in [3.05, 3.63) is 48.8 Å². The summed E-state index contributed by atoms with van der Waals surface area (Å²) in [6.45, 7) is 9.06. The second-order valence-corrected chi connectivity index (χ2v) is 13.4. The molecule has 0 bridgehead atoms. The highest BCUT2D eigenvalue weighted by atomic mass is 127. The van der Waals surface area contributed by atoms with Gasteiger partial charge in [-0.05, 0) is 97.8 Å². The second kappa shape index (κ2) is 11.1. The Morgan fingerprint density at radius 1 is 0.976 bits per heavy atom. The molecule has 1 aliphatic rings. The number of aromatic nitrogens is 6. The van der Waals surface area contributed by atoms with E-state index in [2.05, 4.69) is 68.4 Å². The fourth-order valence-corrected chi connectivity index (χ4v) is 6.59. The highest BCUT2D eigenvalue weighted by molar-refractivity contribution is 14.2. The fraction of sp³-hybridized carbons (Fsp3) is 0.370. The predicted molar refractivity (Wildman–Crippen MR) is 175 cm³/mol. The largest absolute Gasteiger partial charge is 0.494 e. The molecule has 14 heteroatoms. The second-order valence-electron chi connectivity index (χ2n) is 11.0. The number of aryl methyl sites for hydroxylation is 1. The lowest BCUT2D eigenvalue weighted by Crippen LogP contribution is -2.41. The van der Waals surface area contributed by atoms with E-state index >= 15 is 0 Å². The fourth-order valence-electron chi connectivity index (χ4n) is 4.79. The zero-order valence-electron chi connectivity index (χ0n) is 23.5. The van der Waals surface area contributed by atoms with Gasteiger partial charge in [0.2, 0.25) is 11.8 Å². The molecule has 214 valence electrons. The third-order valence-electron chi connectivity index (χ3n) is 7.79. The maximum Gasteiger partial charge on any atom is 0.494 e. The van der Waals surface area contributed by atoms with Gasteiger partial charge in [0.1, 0.15) is 0 Å². The number of thiol groups is 1. The molecule has 2 aromatic carbocycles. The number of hydrogen-bond donors (Lipinski definition) is 1. The van der Waals surface area contributed by atoms with Gasteiger partial charge < -0.3 is 18.8 Å². The Balaban J connectivity index is 1.11. The normalized spacial score (nSPS) is 16.5. The average molecular weight is 704 g/mol. The zero-order chi connectivity index (χ0) is 28.9. The quantitative estimate of drug-likeness (QED) is 0.0722. The number of hydrogen-bond acceptors (Lipinski definition) is 8. The Morgan fingerprint density at radius 3 is 2.46 bits per heavy atom. The van der Waals surface area contributed by atoms with Crippen molar-refractivity contribution in [3.63, 3.8) is 0 Å². The van der Waals surface area contributed by atoms with Crippen LogP contribution in [0.4, 0.5) is 0 Å². The first-order valence-electron chi connectivity index (χ1n) is 13.3. The van der Waals surface area contributed by atoms with E-state index in [0.717, 1.165) is 38.4 Å². The van der Waals surface area contributed by atoms with Crippen molar-refractivity contribution in [1.29, 1.82) is 0 Å². The van der Waals surface area contributed by atoms with Crippen LogP contribution in [0.15, 0.2) is 48.8 Å². The summed E-state index contributed by atoms with van der Waals surface area (Å²) in [6, 6.07) is 12.2. The van der Waals surface area contributed by atoms with Gasteiger partial charge in [-0.25, -0.2) is 13.2 Å². The number of benzene rings is 2. The molecular formula is C27H31BIN6O4PS. The van der Waals surface area contributed by atoms with E-state index in [1.165, 1.54) is 4.09 Å². The van der Waals surface area contributed by atoms with E-state index in [9.17, 15) is 0 Å². The Labute approximate surface area is 259 Å². The molecule has 6 rings (SSSR count). The molecule has 10 nitrogen and oxygen atoms in total. The van der Waals surface area contributed by atoms with Gasteiger partial charge in [0.25, 0.3) is 0 Å². The van der Waals surface area contributed by atoms with Crippen LogP contribution in [-0.2, 0) is 16.4 Å². The summed E-state index contributed by atoms with van der Waals surface area (Å²) in [6.07, 6.45) is 4.94. The molecule has 4 heterocycles. The summed E-state index contributed by atoms with van der Waals surface area (Å²) in [7, 11) is 1.41. The predicted octanol–water partition coefficient (Wildman–Crippen LogP) is 5.42. The van der Waals surface area contributed by atoms with E-state index in [0.29, 0.717) is 37.8 Å². The standard InChI is InChI=1S/C27H31BIN6O4PS/c1-26(2)27(3,4)39-28(38-26)19-8-10-23-20(14-19)24(32-35(23)41)36-11-6-12-37-25-21(16-30-33(25)5)17-7-9-22-18(13-17)15-31-34(22)40-29/h7-10,13-16,40-41H,6,11-12H2,1-5H3. The molecule has 1 aliphatic heterocycles. The first kappa shape index (κ1) is 28.8. The summed E-state index contributed by atoms with van der Waals surface area (Å²) in [5.74, 6) is 1.22. The number of nitrogens with zero attached hydrogens (tertiary/aromatic N) is 6. The SMILES string of the molecule is Cn1ncc(-c2ccc3c(cnn3PI)c2)c1OCCCOc1nn(S)c2ccc(B3OC(C)(C)C(C)(C)O3)cc12. The highest BCUT2D eigenvalue weighted by Crippen LogP contribution is 2.37. The van der Waals surface area contributed by atoms with Crippen molar-refractivity contribution in [2.24, 2.45) is 7.05 Å². The van der Waals surface area contributed by atoms with Crippen LogP contribution in [0.3, 0.4) is 0 Å². The van der Waals surface area contributed by atoms with Crippen LogP contribution in [0, 0.1) is 0 Å². The number of halogens is 1. The minimum atomic E-state index is -0.467. The van der Waals surface area contributed by atoms with Gasteiger partial charge >= 0.3 is 7.12 Å². The van der Waals surface area contributed by atoms with E-state index in [4.69, 9.17) is 18.8 Å². The van der Waals surface area contributed by atoms with Gasteiger partial charge in [-0.15, -0.1) is 5.10 Å². The van der Waals surface area contributed by atoms with Gasteiger partial charge in [-0.3, -0.25) is 0 Å². The minimum absolute atomic E-state index is 0.418. The third kappa shape index (κ3) is 5.35. The first-order chi connectivity index (χ1) is 19.6. The molecule has 41 heavy (non-hydrogen) atoms. The Bertz CT molecular complexity index is 1720. The van der Waals surface area contributed by atoms with Crippen LogP contribution in [0.1, 0.15) is 34.1 Å². The Hall–Kier alpha value is -2.32. The van der Waals surface area contributed by atoms with Crippen LogP contribution >= 0.6 is 41.2 Å².